The molecule has 9 heteroatoms. The van der Waals surface area contributed by atoms with Crippen LogP contribution in [0.3, 0.4) is 0 Å². The minimum Gasteiger partial charge on any atom is -0.283 e. The van der Waals surface area contributed by atoms with Gasteiger partial charge in [-0.3, -0.25) is 29.8 Å². The van der Waals surface area contributed by atoms with E-state index in [1.165, 1.54) is 4.57 Å². The highest BCUT2D eigenvalue weighted by Crippen LogP contribution is 2.17. The van der Waals surface area contributed by atoms with Crippen molar-refractivity contribution >= 4 is 46.1 Å². The first-order chi connectivity index (χ1) is 14.0. The predicted molar refractivity (Wildman–Crippen MR) is 114 cm³/mol. The SMILES string of the molecule is C=CCn1c(SCC(=O)NNC(=O)c2ccc(Cl)cc2)nc2ccccc2c1=O. The van der Waals surface area contributed by atoms with E-state index in [0.717, 1.165) is 11.8 Å². The third-order valence-electron chi connectivity index (χ3n) is 3.89. The lowest BCUT2D eigenvalue weighted by atomic mass is 10.2. The molecule has 0 atom stereocenters. The number of rotatable bonds is 6. The van der Waals surface area contributed by atoms with Crippen molar-refractivity contribution in [3.05, 3.63) is 82.1 Å². The molecule has 0 aliphatic carbocycles. The summed E-state index contributed by atoms with van der Waals surface area (Å²) >= 11 is 6.88. The molecule has 0 bridgehead atoms. The van der Waals surface area contributed by atoms with Crippen molar-refractivity contribution in [2.75, 3.05) is 5.75 Å². The van der Waals surface area contributed by atoms with Crippen LogP contribution in [0.15, 0.2) is 71.1 Å². The maximum Gasteiger partial charge on any atom is 0.269 e. The molecule has 2 N–H and O–H groups in total. The van der Waals surface area contributed by atoms with Crippen molar-refractivity contribution in [1.82, 2.24) is 20.4 Å². The van der Waals surface area contributed by atoms with Crippen molar-refractivity contribution < 1.29 is 9.59 Å². The Labute approximate surface area is 175 Å². The molecule has 3 aromatic rings. The molecule has 1 aromatic heterocycles. The first-order valence-corrected chi connectivity index (χ1v) is 9.94. The average molecular weight is 429 g/mol. The number of para-hydroxylation sites is 1. The number of allylic oxidation sites excluding steroid dienone is 1. The molecule has 148 valence electrons. The molecule has 0 radical (unpaired) electrons. The molecule has 2 aromatic carbocycles. The molecule has 7 nitrogen and oxygen atoms in total. The largest absolute Gasteiger partial charge is 0.283 e. The van der Waals surface area contributed by atoms with Gasteiger partial charge in [-0.1, -0.05) is 41.6 Å². The lowest BCUT2D eigenvalue weighted by molar-refractivity contribution is -0.119. The summed E-state index contributed by atoms with van der Waals surface area (Å²) in [6.45, 7) is 3.94. The number of amides is 2. The maximum absolute atomic E-state index is 12.7. The van der Waals surface area contributed by atoms with E-state index in [9.17, 15) is 14.4 Å². The van der Waals surface area contributed by atoms with Gasteiger partial charge in [0.15, 0.2) is 5.16 Å². The van der Waals surface area contributed by atoms with Crippen LogP contribution in [0.4, 0.5) is 0 Å². The number of nitrogens with one attached hydrogen (secondary N) is 2. The van der Waals surface area contributed by atoms with E-state index in [2.05, 4.69) is 22.4 Å². The molecule has 1 heterocycles. The summed E-state index contributed by atoms with van der Waals surface area (Å²) in [4.78, 5) is 41.3. The van der Waals surface area contributed by atoms with Gasteiger partial charge < -0.3 is 0 Å². The fourth-order valence-electron chi connectivity index (χ4n) is 2.51. The fourth-order valence-corrected chi connectivity index (χ4v) is 3.45. The Hall–Kier alpha value is -3.10. The van der Waals surface area contributed by atoms with Gasteiger partial charge in [0.25, 0.3) is 11.5 Å². The molecular formula is C20H17ClN4O3S. The summed E-state index contributed by atoms with van der Waals surface area (Å²) in [6.07, 6.45) is 1.59. The second kappa shape index (κ2) is 9.40. The van der Waals surface area contributed by atoms with Gasteiger partial charge in [-0.15, -0.1) is 6.58 Å². The van der Waals surface area contributed by atoms with Crippen molar-refractivity contribution in [2.45, 2.75) is 11.7 Å². The van der Waals surface area contributed by atoms with Gasteiger partial charge in [0.2, 0.25) is 5.91 Å². The van der Waals surface area contributed by atoms with Gasteiger partial charge >= 0.3 is 0 Å². The van der Waals surface area contributed by atoms with Crippen LogP contribution in [0.1, 0.15) is 10.4 Å². The zero-order valence-corrected chi connectivity index (χ0v) is 16.8. The monoisotopic (exact) mass is 428 g/mol. The number of hydrogen-bond donors (Lipinski definition) is 2. The van der Waals surface area contributed by atoms with Gasteiger partial charge in [0, 0.05) is 17.1 Å². The Balaban J connectivity index is 1.66. The zero-order chi connectivity index (χ0) is 20.8. The molecular weight excluding hydrogens is 412 g/mol. The van der Waals surface area contributed by atoms with Crippen LogP contribution in [0.2, 0.25) is 5.02 Å². The van der Waals surface area contributed by atoms with Gasteiger partial charge in [0.1, 0.15) is 0 Å². The first kappa shape index (κ1) is 20.6. The van der Waals surface area contributed by atoms with Crippen LogP contribution in [0.25, 0.3) is 10.9 Å². The van der Waals surface area contributed by atoms with Gasteiger partial charge in [-0.05, 0) is 36.4 Å². The number of fused-ring (bicyclic) bond motifs is 1. The van der Waals surface area contributed by atoms with E-state index in [1.54, 1.807) is 54.6 Å². The van der Waals surface area contributed by atoms with Gasteiger partial charge in [-0.25, -0.2) is 4.98 Å². The molecule has 29 heavy (non-hydrogen) atoms. The third kappa shape index (κ3) is 5.04. The Bertz CT molecular complexity index is 1130. The zero-order valence-electron chi connectivity index (χ0n) is 15.2. The van der Waals surface area contributed by atoms with E-state index in [1.807, 2.05) is 0 Å². The first-order valence-electron chi connectivity index (χ1n) is 8.57. The summed E-state index contributed by atoms with van der Waals surface area (Å²) in [7, 11) is 0. The maximum atomic E-state index is 12.7. The van der Waals surface area contributed by atoms with E-state index in [0.29, 0.717) is 26.6 Å². The van der Waals surface area contributed by atoms with Gasteiger partial charge in [0.05, 0.1) is 16.7 Å². The normalized spacial score (nSPS) is 10.5. The highest BCUT2D eigenvalue weighted by molar-refractivity contribution is 7.99. The van der Waals surface area contributed by atoms with Crippen LogP contribution < -0.4 is 16.4 Å². The molecule has 2 amide bonds. The Morgan fingerprint density at radius 2 is 1.86 bits per heavy atom. The number of carbonyl (C=O) groups is 2. The minimum absolute atomic E-state index is 0.0389. The number of aromatic nitrogens is 2. The highest BCUT2D eigenvalue weighted by atomic mass is 35.5. The van der Waals surface area contributed by atoms with Crippen LogP contribution in [-0.2, 0) is 11.3 Å². The quantitative estimate of drug-likeness (QED) is 0.272. The summed E-state index contributed by atoms with van der Waals surface area (Å²) in [5, 5.41) is 1.40. The summed E-state index contributed by atoms with van der Waals surface area (Å²) in [5.41, 5.74) is 5.39. The van der Waals surface area contributed by atoms with Crippen LogP contribution in [-0.4, -0.2) is 27.1 Å². The average Bonchev–Trinajstić information content (AvgIpc) is 2.73. The number of benzene rings is 2. The van der Waals surface area contributed by atoms with Crippen molar-refractivity contribution in [3.8, 4) is 0 Å². The summed E-state index contributed by atoms with van der Waals surface area (Å²) in [6, 6.07) is 13.3. The Morgan fingerprint density at radius 3 is 2.59 bits per heavy atom. The van der Waals surface area contributed by atoms with Crippen molar-refractivity contribution in [1.29, 1.82) is 0 Å². The van der Waals surface area contributed by atoms with Crippen molar-refractivity contribution in [3.63, 3.8) is 0 Å². The Kier molecular flexibility index (Phi) is 6.69. The smallest absolute Gasteiger partial charge is 0.269 e. The van der Waals surface area contributed by atoms with E-state index in [4.69, 9.17) is 11.6 Å². The molecule has 0 saturated carbocycles. The molecule has 0 fully saturated rings. The van der Waals surface area contributed by atoms with Crippen LogP contribution >= 0.6 is 23.4 Å². The molecule has 0 unspecified atom stereocenters. The third-order valence-corrected chi connectivity index (χ3v) is 5.12. The predicted octanol–water partition coefficient (Wildman–Crippen LogP) is 2.79. The summed E-state index contributed by atoms with van der Waals surface area (Å²) < 4.78 is 1.46. The number of thioether (sulfide) groups is 1. The number of halogens is 1. The Morgan fingerprint density at radius 1 is 1.14 bits per heavy atom. The van der Waals surface area contributed by atoms with Crippen LogP contribution in [0, 0.1) is 0 Å². The number of hydrogen-bond acceptors (Lipinski definition) is 5. The topological polar surface area (TPSA) is 93.1 Å². The molecule has 0 spiro atoms. The lowest BCUT2D eigenvalue weighted by Crippen LogP contribution is -2.42. The molecule has 0 saturated heterocycles. The summed E-state index contributed by atoms with van der Waals surface area (Å²) in [5.74, 6) is -0.944. The number of nitrogens with zero attached hydrogens (tertiary/aromatic N) is 2. The van der Waals surface area contributed by atoms with E-state index in [-0.39, 0.29) is 17.9 Å². The lowest BCUT2D eigenvalue weighted by Gasteiger charge is -2.11. The number of hydrazine groups is 1. The van der Waals surface area contributed by atoms with E-state index >= 15 is 0 Å². The van der Waals surface area contributed by atoms with Gasteiger partial charge in [-0.2, -0.15) is 0 Å². The standard InChI is InChI=1S/C20H17ClN4O3S/c1-2-11-25-19(28)15-5-3-4-6-16(15)22-20(25)29-12-17(26)23-24-18(27)13-7-9-14(21)10-8-13/h2-10H,1,11-12H2,(H,23,26)(H,24,27). The molecule has 0 aliphatic heterocycles. The molecule has 0 aliphatic rings. The second-order valence-electron chi connectivity index (χ2n) is 5.91. The fraction of sp³-hybridized carbons (Fsp3) is 0.100. The van der Waals surface area contributed by atoms with Crippen molar-refractivity contribution in [2.24, 2.45) is 0 Å². The highest BCUT2D eigenvalue weighted by Gasteiger charge is 2.13. The second-order valence-corrected chi connectivity index (χ2v) is 7.29. The minimum atomic E-state index is -0.465. The molecule has 3 rings (SSSR count). The van der Waals surface area contributed by atoms with E-state index < -0.39 is 11.8 Å². The van der Waals surface area contributed by atoms with Crippen LogP contribution in [0.5, 0.6) is 0 Å². The number of carbonyl (C=O) groups excluding carboxylic acids is 2.